The van der Waals surface area contributed by atoms with Gasteiger partial charge in [-0.15, -0.1) is 0 Å². The summed E-state index contributed by atoms with van der Waals surface area (Å²) in [5.41, 5.74) is -0.152. The molecule has 0 radical (unpaired) electrons. The summed E-state index contributed by atoms with van der Waals surface area (Å²) in [6, 6.07) is 7.17. The zero-order valence-corrected chi connectivity index (χ0v) is 11.0. The average molecular weight is 266 g/mol. The van der Waals surface area contributed by atoms with Crippen LogP contribution in [0.1, 0.15) is 25.0 Å². The Kier molecular flexibility index (Phi) is 3.89. The van der Waals surface area contributed by atoms with Crippen molar-refractivity contribution in [3.63, 3.8) is 0 Å². The van der Waals surface area contributed by atoms with E-state index in [2.05, 4.69) is 0 Å². The van der Waals surface area contributed by atoms with Crippen molar-refractivity contribution in [2.75, 3.05) is 6.61 Å². The molecule has 19 heavy (non-hydrogen) atoms. The first kappa shape index (κ1) is 14.0. The lowest BCUT2D eigenvalue weighted by Gasteiger charge is -2.37. The monoisotopic (exact) mass is 266 g/mol. The lowest BCUT2D eigenvalue weighted by Crippen LogP contribution is -2.49. The van der Waals surface area contributed by atoms with E-state index < -0.39 is 23.8 Å². The molecule has 0 aliphatic carbocycles. The maximum Gasteiger partial charge on any atom is 0.343 e. The Morgan fingerprint density at radius 1 is 1.42 bits per heavy atom. The summed E-state index contributed by atoms with van der Waals surface area (Å²) in [6.45, 7) is 3.52. The molecule has 0 saturated heterocycles. The van der Waals surface area contributed by atoms with Gasteiger partial charge >= 0.3 is 5.97 Å². The molecule has 1 aromatic carbocycles. The highest BCUT2D eigenvalue weighted by molar-refractivity contribution is 5.80. The van der Waals surface area contributed by atoms with E-state index in [0.29, 0.717) is 12.2 Å². The Labute approximate surface area is 111 Å². The number of carboxylic acids is 1. The van der Waals surface area contributed by atoms with Crippen LogP contribution in [0.25, 0.3) is 0 Å². The molecule has 1 aliphatic rings. The second kappa shape index (κ2) is 5.28. The van der Waals surface area contributed by atoms with Crippen molar-refractivity contribution in [1.29, 1.82) is 0 Å². The molecule has 104 valence electrons. The summed E-state index contributed by atoms with van der Waals surface area (Å²) in [5.74, 6) is -1.10. The van der Waals surface area contributed by atoms with Gasteiger partial charge in [0.25, 0.3) is 0 Å². The van der Waals surface area contributed by atoms with Crippen LogP contribution < -0.4 is 0 Å². The van der Waals surface area contributed by atoms with E-state index in [1.54, 1.807) is 26.0 Å². The summed E-state index contributed by atoms with van der Waals surface area (Å²) < 4.78 is 11.0. The Hall–Kier alpha value is -1.43. The van der Waals surface area contributed by atoms with Gasteiger partial charge in [0.1, 0.15) is 0 Å². The summed E-state index contributed by atoms with van der Waals surface area (Å²) in [4.78, 5) is 11.7. The zero-order chi connectivity index (χ0) is 14.0. The van der Waals surface area contributed by atoms with E-state index in [9.17, 15) is 15.0 Å². The van der Waals surface area contributed by atoms with E-state index in [-0.39, 0.29) is 6.61 Å². The Bertz CT molecular complexity index is 471. The highest BCUT2D eigenvalue weighted by Gasteiger charge is 2.47. The molecule has 1 aromatic rings. The number of ether oxygens (including phenoxy) is 2. The van der Waals surface area contributed by atoms with E-state index in [1.165, 1.54) is 0 Å². The second-order valence-corrected chi connectivity index (χ2v) is 4.85. The van der Waals surface area contributed by atoms with E-state index in [0.717, 1.165) is 5.56 Å². The molecule has 0 saturated carbocycles. The van der Waals surface area contributed by atoms with Crippen LogP contribution in [0, 0.1) is 0 Å². The Morgan fingerprint density at radius 2 is 2.11 bits per heavy atom. The van der Waals surface area contributed by atoms with Crippen LogP contribution in [0.4, 0.5) is 0 Å². The largest absolute Gasteiger partial charge is 0.479 e. The second-order valence-electron chi connectivity index (χ2n) is 4.85. The van der Waals surface area contributed by atoms with Crippen LogP contribution in [0.5, 0.6) is 0 Å². The van der Waals surface area contributed by atoms with E-state index >= 15 is 0 Å². The molecule has 0 bridgehead atoms. The standard InChI is InChI=1S/C14H18O5/c1-9(15)10(2)19-14(13(16)17)8-18-7-11-5-3-4-6-12(11)14/h3-6,9-10,15H,7-8H2,1-2H3,(H,16,17). The fourth-order valence-corrected chi connectivity index (χ4v) is 2.16. The molecule has 5 heteroatoms. The molecule has 3 unspecified atom stereocenters. The molecule has 2 rings (SSSR count). The number of fused-ring (bicyclic) bond motifs is 1. The molecule has 5 nitrogen and oxygen atoms in total. The van der Waals surface area contributed by atoms with Gasteiger partial charge in [-0.2, -0.15) is 0 Å². The topological polar surface area (TPSA) is 76.0 Å². The van der Waals surface area contributed by atoms with Gasteiger partial charge in [-0.1, -0.05) is 24.3 Å². The molecule has 3 atom stereocenters. The maximum absolute atomic E-state index is 11.7. The van der Waals surface area contributed by atoms with Crippen molar-refractivity contribution in [2.45, 2.75) is 38.3 Å². The third-order valence-corrected chi connectivity index (χ3v) is 3.43. The molecule has 0 fully saturated rings. The number of aliphatic carboxylic acids is 1. The normalized spacial score (nSPS) is 25.4. The van der Waals surface area contributed by atoms with Gasteiger partial charge < -0.3 is 19.7 Å². The molecular weight excluding hydrogens is 248 g/mol. The smallest absolute Gasteiger partial charge is 0.343 e. The third kappa shape index (κ3) is 2.49. The van der Waals surface area contributed by atoms with Crippen LogP contribution in [-0.4, -0.2) is 35.0 Å². The number of carboxylic acid groups (broad SMARTS) is 1. The van der Waals surface area contributed by atoms with E-state index in [4.69, 9.17) is 9.47 Å². The first-order chi connectivity index (χ1) is 8.97. The van der Waals surface area contributed by atoms with Gasteiger partial charge in [-0.3, -0.25) is 0 Å². The Morgan fingerprint density at radius 3 is 2.74 bits per heavy atom. The van der Waals surface area contributed by atoms with Crippen LogP contribution in [-0.2, 0) is 26.5 Å². The third-order valence-electron chi connectivity index (χ3n) is 3.43. The van der Waals surface area contributed by atoms with Crippen molar-refractivity contribution in [2.24, 2.45) is 0 Å². The minimum atomic E-state index is -1.55. The number of hydrogen-bond donors (Lipinski definition) is 2. The van der Waals surface area contributed by atoms with Gasteiger partial charge in [0, 0.05) is 5.56 Å². The summed E-state index contributed by atoms with van der Waals surface area (Å²) in [7, 11) is 0. The van der Waals surface area contributed by atoms with Crippen LogP contribution in [0.15, 0.2) is 24.3 Å². The molecule has 0 spiro atoms. The highest BCUT2D eigenvalue weighted by Crippen LogP contribution is 2.35. The van der Waals surface area contributed by atoms with Gasteiger partial charge in [-0.25, -0.2) is 4.79 Å². The first-order valence-electron chi connectivity index (χ1n) is 6.23. The first-order valence-corrected chi connectivity index (χ1v) is 6.23. The number of hydrogen-bond acceptors (Lipinski definition) is 4. The van der Waals surface area contributed by atoms with Gasteiger partial charge in [-0.05, 0) is 19.4 Å². The zero-order valence-electron chi connectivity index (χ0n) is 11.0. The molecule has 1 aliphatic heterocycles. The number of aliphatic hydroxyl groups is 1. The summed E-state index contributed by atoms with van der Waals surface area (Å²) in [5, 5.41) is 19.1. The minimum absolute atomic E-state index is 0.0591. The average Bonchev–Trinajstić information content (AvgIpc) is 2.38. The van der Waals surface area contributed by atoms with Crippen LogP contribution in [0.2, 0.25) is 0 Å². The van der Waals surface area contributed by atoms with Crippen LogP contribution >= 0.6 is 0 Å². The van der Waals surface area contributed by atoms with Crippen molar-refractivity contribution < 1.29 is 24.5 Å². The number of benzene rings is 1. The quantitative estimate of drug-likeness (QED) is 0.858. The lowest BCUT2D eigenvalue weighted by atomic mass is 9.88. The van der Waals surface area contributed by atoms with E-state index in [1.807, 2.05) is 12.1 Å². The van der Waals surface area contributed by atoms with Gasteiger partial charge in [0.15, 0.2) is 0 Å². The van der Waals surface area contributed by atoms with Crippen molar-refractivity contribution in [3.8, 4) is 0 Å². The van der Waals surface area contributed by atoms with Crippen molar-refractivity contribution >= 4 is 5.97 Å². The highest BCUT2D eigenvalue weighted by atomic mass is 16.6. The minimum Gasteiger partial charge on any atom is -0.479 e. The van der Waals surface area contributed by atoms with Gasteiger partial charge in [0.2, 0.25) is 5.60 Å². The maximum atomic E-state index is 11.7. The van der Waals surface area contributed by atoms with Crippen LogP contribution in [0.3, 0.4) is 0 Å². The SMILES string of the molecule is CC(O)C(C)OC1(C(=O)O)COCc2ccccc21. The summed E-state index contributed by atoms with van der Waals surface area (Å²) in [6.07, 6.45) is -1.36. The Balaban J connectivity index is 2.44. The molecule has 0 aromatic heterocycles. The molecule has 0 amide bonds. The van der Waals surface area contributed by atoms with Gasteiger partial charge in [0.05, 0.1) is 25.4 Å². The fraction of sp³-hybridized carbons (Fsp3) is 0.500. The van der Waals surface area contributed by atoms with Crippen molar-refractivity contribution in [1.82, 2.24) is 0 Å². The number of rotatable bonds is 4. The summed E-state index contributed by atoms with van der Waals surface area (Å²) >= 11 is 0. The predicted molar refractivity (Wildman–Crippen MR) is 67.6 cm³/mol. The molecule has 1 heterocycles. The number of carbonyl (C=O) groups is 1. The fourth-order valence-electron chi connectivity index (χ4n) is 2.16. The predicted octanol–water partition coefficient (Wildman–Crippen LogP) is 1.28. The number of aliphatic hydroxyl groups excluding tert-OH is 1. The lowest BCUT2D eigenvalue weighted by molar-refractivity contribution is -0.200. The van der Waals surface area contributed by atoms with Crippen molar-refractivity contribution in [3.05, 3.63) is 35.4 Å². The molecule has 2 N–H and O–H groups in total. The molecular formula is C14H18O5.